The highest BCUT2D eigenvalue weighted by molar-refractivity contribution is 5.92. The van der Waals surface area contributed by atoms with Gasteiger partial charge in [0.25, 0.3) is 0 Å². The lowest BCUT2D eigenvalue weighted by molar-refractivity contribution is -0.123. The van der Waals surface area contributed by atoms with E-state index in [1.807, 2.05) is 13.0 Å². The number of aryl methyl sites for hydroxylation is 1. The van der Waals surface area contributed by atoms with Crippen LogP contribution in [-0.2, 0) is 21.5 Å². The molecule has 0 spiro atoms. The molecule has 1 aromatic carbocycles. The van der Waals surface area contributed by atoms with Crippen molar-refractivity contribution in [2.75, 3.05) is 31.8 Å². The molecule has 4 rings (SSSR count). The lowest BCUT2D eigenvalue weighted by atomic mass is 9.93. The molecule has 36 heavy (non-hydrogen) atoms. The van der Waals surface area contributed by atoms with Gasteiger partial charge in [-0.15, -0.1) is 0 Å². The smallest absolute Gasteiger partial charge is 0.249 e. The number of hydrogen-bond acceptors (Lipinski definition) is 7. The number of hydrazine groups is 1. The van der Waals surface area contributed by atoms with Crippen molar-refractivity contribution in [1.82, 2.24) is 20.3 Å². The zero-order valence-corrected chi connectivity index (χ0v) is 22.2. The molecule has 1 amide bonds. The van der Waals surface area contributed by atoms with Crippen LogP contribution < -0.4 is 10.4 Å². The first-order valence-electron chi connectivity index (χ1n) is 12.8. The van der Waals surface area contributed by atoms with Crippen molar-refractivity contribution < 1.29 is 9.53 Å². The first-order valence-corrected chi connectivity index (χ1v) is 12.8. The van der Waals surface area contributed by atoms with Gasteiger partial charge in [0.15, 0.2) is 5.82 Å². The van der Waals surface area contributed by atoms with Crippen molar-refractivity contribution in [3.05, 3.63) is 53.0 Å². The van der Waals surface area contributed by atoms with E-state index in [2.05, 4.69) is 72.4 Å². The van der Waals surface area contributed by atoms with E-state index >= 15 is 0 Å². The molecule has 0 unspecified atom stereocenters. The number of benzene rings is 1. The van der Waals surface area contributed by atoms with Crippen LogP contribution in [0.1, 0.15) is 69.1 Å². The van der Waals surface area contributed by atoms with Gasteiger partial charge in [-0.3, -0.25) is 20.1 Å². The molecule has 1 aromatic heterocycles. The number of nitrogens with one attached hydrogen (secondary N) is 1. The van der Waals surface area contributed by atoms with Gasteiger partial charge < -0.3 is 4.74 Å². The Balaban J connectivity index is 1.48. The standard InChI is InChI=1S/C28H38N6O2/c1-20-16-25(31-24(17-29)30-20)34(19-27(2,3)4)32-26(35)28(12-13-28)22-8-6-21(7-9-22)18-33(5)23-10-14-36-15-11-23/h6-9,16,23H,10-15,18-19H2,1-5H3,(H,32,35). The van der Waals surface area contributed by atoms with Gasteiger partial charge in [0.05, 0.1) is 5.41 Å². The zero-order chi connectivity index (χ0) is 25.9. The van der Waals surface area contributed by atoms with E-state index in [-0.39, 0.29) is 17.1 Å². The number of amides is 1. The maximum absolute atomic E-state index is 13.6. The van der Waals surface area contributed by atoms with Crippen molar-refractivity contribution in [1.29, 1.82) is 5.26 Å². The van der Waals surface area contributed by atoms with E-state index in [9.17, 15) is 10.1 Å². The minimum Gasteiger partial charge on any atom is -0.381 e. The number of nitrogens with zero attached hydrogens (tertiary/aromatic N) is 5. The number of aromatic nitrogens is 2. The van der Waals surface area contributed by atoms with Crippen LogP contribution in [0, 0.1) is 23.7 Å². The predicted molar refractivity (Wildman–Crippen MR) is 139 cm³/mol. The van der Waals surface area contributed by atoms with Gasteiger partial charge in [-0.05, 0) is 56.2 Å². The Morgan fingerprint density at radius 1 is 1.19 bits per heavy atom. The number of ether oxygens (including phenoxy) is 1. The van der Waals surface area contributed by atoms with Crippen LogP contribution >= 0.6 is 0 Å². The van der Waals surface area contributed by atoms with Gasteiger partial charge in [0.1, 0.15) is 6.07 Å². The molecule has 2 aliphatic rings. The van der Waals surface area contributed by atoms with Gasteiger partial charge >= 0.3 is 0 Å². The molecule has 0 radical (unpaired) electrons. The van der Waals surface area contributed by atoms with Crippen LogP contribution in [0.4, 0.5) is 5.82 Å². The molecule has 1 aliphatic heterocycles. The number of carbonyl (C=O) groups excluding carboxylic acids is 1. The highest BCUT2D eigenvalue weighted by Crippen LogP contribution is 2.48. The molecule has 1 saturated carbocycles. The van der Waals surface area contributed by atoms with Crippen LogP contribution in [0.5, 0.6) is 0 Å². The lowest BCUT2D eigenvalue weighted by Gasteiger charge is -2.32. The summed E-state index contributed by atoms with van der Waals surface area (Å²) in [5.74, 6) is 0.596. The molecular weight excluding hydrogens is 452 g/mol. The van der Waals surface area contributed by atoms with Crippen LogP contribution in [0.2, 0.25) is 0 Å². The Kier molecular flexibility index (Phi) is 7.62. The highest BCUT2D eigenvalue weighted by Gasteiger charge is 2.52. The van der Waals surface area contributed by atoms with Crippen molar-refractivity contribution in [3.63, 3.8) is 0 Å². The second kappa shape index (κ2) is 10.5. The Hall–Kier alpha value is -3.02. The van der Waals surface area contributed by atoms with E-state index < -0.39 is 5.41 Å². The van der Waals surface area contributed by atoms with Crippen molar-refractivity contribution in [2.24, 2.45) is 5.41 Å². The summed E-state index contributed by atoms with van der Waals surface area (Å²) in [5, 5.41) is 11.1. The third kappa shape index (κ3) is 6.21. The minimum atomic E-state index is -0.526. The fourth-order valence-electron chi connectivity index (χ4n) is 4.87. The molecule has 2 aromatic rings. The van der Waals surface area contributed by atoms with Crippen molar-refractivity contribution in [3.8, 4) is 6.07 Å². The van der Waals surface area contributed by atoms with Crippen molar-refractivity contribution in [2.45, 2.75) is 71.4 Å². The van der Waals surface area contributed by atoms with Crippen molar-refractivity contribution >= 4 is 11.7 Å². The van der Waals surface area contributed by atoms with Gasteiger partial charge in [-0.2, -0.15) is 10.2 Å². The Morgan fingerprint density at radius 2 is 1.86 bits per heavy atom. The maximum atomic E-state index is 13.6. The van der Waals surface area contributed by atoms with E-state index in [0.29, 0.717) is 24.1 Å². The van der Waals surface area contributed by atoms with Gasteiger partial charge in [-0.1, -0.05) is 45.0 Å². The molecule has 8 heteroatoms. The van der Waals surface area contributed by atoms with E-state index in [0.717, 1.165) is 51.0 Å². The average molecular weight is 491 g/mol. The average Bonchev–Trinajstić information content (AvgIpc) is 3.65. The SMILES string of the molecule is Cc1cc(N(CC(C)(C)C)NC(=O)C2(c3ccc(CN(C)C4CCOCC4)cc3)CC2)nc(C#N)n1. The summed E-state index contributed by atoms with van der Waals surface area (Å²) in [6, 6.07) is 12.9. The molecule has 1 N–H and O–H groups in total. The number of anilines is 1. The summed E-state index contributed by atoms with van der Waals surface area (Å²) in [4.78, 5) is 24.6. The normalized spacial score (nSPS) is 17.5. The molecule has 0 atom stereocenters. The molecule has 0 bridgehead atoms. The minimum absolute atomic E-state index is 0.0337. The molecule has 1 aliphatic carbocycles. The molecule has 1 saturated heterocycles. The van der Waals surface area contributed by atoms with Crippen LogP contribution in [-0.4, -0.2) is 53.6 Å². The molecular formula is C28H38N6O2. The second-order valence-electron chi connectivity index (χ2n) is 11.4. The van der Waals surface area contributed by atoms with Gasteiger partial charge in [-0.25, -0.2) is 4.98 Å². The largest absolute Gasteiger partial charge is 0.381 e. The summed E-state index contributed by atoms with van der Waals surface area (Å²) in [6.45, 7) is 11.3. The van der Waals surface area contributed by atoms with Crippen LogP contribution in [0.3, 0.4) is 0 Å². The summed E-state index contributed by atoms with van der Waals surface area (Å²) in [6.07, 6.45) is 3.78. The first-order chi connectivity index (χ1) is 17.1. The Labute approximate surface area is 214 Å². The number of hydrogen-bond donors (Lipinski definition) is 1. The molecule has 8 nitrogen and oxygen atoms in total. The molecule has 2 fully saturated rings. The second-order valence-corrected chi connectivity index (χ2v) is 11.4. The molecule has 192 valence electrons. The van der Waals surface area contributed by atoms with Gasteiger partial charge in [0.2, 0.25) is 11.7 Å². The predicted octanol–water partition coefficient (Wildman–Crippen LogP) is 3.88. The Bertz CT molecular complexity index is 1110. The number of carbonyl (C=O) groups is 1. The molecule has 2 heterocycles. The van der Waals surface area contributed by atoms with E-state index in [1.54, 1.807) is 11.1 Å². The van der Waals surface area contributed by atoms with E-state index in [1.165, 1.54) is 5.56 Å². The third-order valence-electron chi connectivity index (χ3n) is 7.02. The fourth-order valence-corrected chi connectivity index (χ4v) is 4.87. The van der Waals surface area contributed by atoms with Crippen LogP contribution in [0.15, 0.2) is 30.3 Å². The van der Waals surface area contributed by atoms with Crippen LogP contribution in [0.25, 0.3) is 0 Å². The summed E-state index contributed by atoms with van der Waals surface area (Å²) in [7, 11) is 2.18. The fraction of sp³-hybridized carbons (Fsp3) is 0.571. The first kappa shape index (κ1) is 26.1. The summed E-state index contributed by atoms with van der Waals surface area (Å²) < 4.78 is 5.49. The number of nitriles is 1. The quantitative estimate of drug-likeness (QED) is 0.561. The van der Waals surface area contributed by atoms with E-state index in [4.69, 9.17) is 4.74 Å². The zero-order valence-electron chi connectivity index (χ0n) is 22.2. The lowest BCUT2D eigenvalue weighted by Crippen LogP contribution is -2.50. The topological polar surface area (TPSA) is 94.4 Å². The Morgan fingerprint density at radius 3 is 2.44 bits per heavy atom. The third-order valence-corrected chi connectivity index (χ3v) is 7.02. The van der Waals surface area contributed by atoms with Gasteiger partial charge in [0, 0.05) is 44.1 Å². The summed E-state index contributed by atoms with van der Waals surface area (Å²) in [5.41, 5.74) is 5.49. The monoisotopic (exact) mass is 490 g/mol. The maximum Gasteiger partial charge on any atom is 0.249 e. The highest BCUT2D eigenvalue weighted by atomic mass is 16.5. The number of rotatable bonds is 8. The summed E-state index contributed by atoms with van der Waals surface area (Å²) >= 11 is 0.